The zero-order valence-electron chi connectivity index (χ0n) is 14.7. The van der Waals surface area contributed by atoms with Crippen LogP contribution in [0, 0.1) is 17.5 Å². The molecule has 0 radical (unpaired) electrons. The van der Waals surface area contributed by atoms with E-state index in [1.165, 1.54) is 6.08 Å². The highest BCUT2D eigenvalue weighted by Crippen LogP contribution is 2.17. The lowest BCUT2D eigenvalue weighted by molar-refractivity contribution is -0.119. The average molecular weight is 428 g/mol. The van der Waals surface area contributed by atoms with Crippen LogP contribution in [0.5, 0.6) is 0 Å². The van der Waals surface area contributed by atoms with Crippen molar-refractivity contribution in [1.29, 1.82) is 0 Å². The van der Waals surface area contributed by atoms with E-state index in [4.69, 9.17) is 4.74 Å². The molecule has 2 N–H and O–H groups in total. The largest absolute Gasteiger partial charge is 0.452 e. The Hall–Kier alpha value is -3.18. The molecule has 1 amide bonds. The van der Waals surface area contributed by atoms with Crippen LogP contribution < -0.4 is 10.0 Å². The first kappa shape index (κ1) is 22.1. The Labute approximate surface area is 164 Å². The molecule has 7 nitrogen and oxygen atoms in total. The van der Waals surface area contributed by atoms with Gasteiger partial charge in [0.05, 0.1) is 5.56 Å². The summed E-state index contributed by atoms with van der Waals surface area (Å²) in [4.78, 5) is 23.0. The number of hydrogen-bond acceptors (Lipinski definition) is 5. The summed E-state index contributed by atoms with van der Waals surface area (Å²) in [5, 5.41) is 2.13. The Morgan fingerprint density at radius 1 is 1.07 bits per heavy atom. The molecule has 0 bridgehead atoms. The third kappa shape index (κ3) is 6.16. The van der Waals surface area contributed by atoms with Crippen LogP contribution in [0.15, 0.2) is 53.9 Å². The molecule has 0 saturated heterocycles. The van der Waals surface area contributed by atoms with Crippen LogP contribution in [0.3, 0.4) is 0 Å². The van der Waals surface area contributed by atoms with Gasteiger partial charge in [0.2, 0.25) is 10.0 Å². The number of benzene rings is 2. The maximum atomic E-state index is 13.9. The van der Waals surface area contributed by atoms with Gasteiger partial charge in [-0.3, -0.25) is 4.79 Å². The predicted octanol–water partition coefficient (Wildman–Crippen LogP) is 2.36. The van der Waals surface area contributed by atoms with Crippen molar-refractivity contribution in [3.05, 3.63) is 72.1 Å². The summed E-state index contributed by atoms with van der Waals surface area (Å²) in [6, 6.07) is 4.81. The minimum atomic E-state index is -4.24. The fourth-order valence-corrected chi connectivity index (χ4v) is 3.22. The van der Waals surface area contributed by atoms with Gasteiger partial charge in [0.15, 0.2) is 6.61 Å². The van der Waals surface area contributed by atoms with Crippen LogP contribution in [0.25, 0.3) is 0 Å². The number of amides is 1. The highest BCUT2D eigenvalue weighted by Gasteiger charge is 2.21. The summed E-state index contributed by atoms with van der Waals surface area (Å²) < 4.78 is 70.9. The van der Waals surface area contributed by atoms with Crippen molar-refractivity contribution in [2.24, 2.45) is 0 Å². The number of esters is 1. The molecule has 29 heavy (non-hydrogen) atoms. The summed E-state index contributed by atoms with van der Waals surface area (Å²) in [6.45, 7) is 2.35. The average Bonchev–Trinajstić information content (AvgIpc) is 2.64. The molecule has 0 fully saturated rings. The number of rotatable bonds is 8. The zero-order chi connectivity index (χ0) is 21.6. The second-order valence-corrected chi connectivity index (χ2v) is 7.30. The second kappa shape index (κ2) is 9.34. The quantitative estimate of drug-likeness (QED) is 0.497. The van der Waals surface area contributed by atoms with E-state index in [1.54, 1.807) is 0 Å². The molecule has 0 aliphatic heterocycles. The smallest absolute Gasteiger partial charge is 0.338 e. The number of carbonyl (C=O) groups excluding carboxylic acids is 2. The van der Waals surface area contributed by atoms with E-state index in [1.807, 2.05) is 0 Å². The molecule has 2 aromatic carbocycles. The number of carbonyl (C=O) groups is 2. The summed E-state index contributed by atoms with van der Waals surface area (Å²) in [5.74, 6) is -4.93. The van der Waals surface area contributed by atoms with Gasteiger partial charge in [0.1, 0.15) is 22.3 Å². The van der Waals surface area contributed by atoms with Crippen LogP contribution in [0.1, 0.15) is 10.4 Å². The third-order valence-corrected chi connectivity index (χ3v) is 4.79. The number of nitrogens with one attached hydrogen (secondary N) is 2. The monoisotopic (exact) mass is 428 g/mol. The maximum Gasteiger partial charge on any atom is 0.338 e. The normalized spacial score (nSPS) is 11.0. The van der Waals surface area contributed by atoms with Gasteiger partial charge in [0, 0.05) is 18.3 Å². The van der Waals surface area contributed by atoms with Crippen molar-refractivity contribution in [1.82, 2.24) is 4.72 Å². The van der Waals surface area contributed by atoms with E-state index < -0.39 is 50.9 Å². The van der Waals surface area contributed by atoms with Gasteiger partial charge in [-0.2, -0.15) is 0 Å². The van der Waals surface area contributed by atoms with Crippen LogP contribution >= 0.6 is 0 Å². The standard InChI is InChI=1S/C18H15F3N2O5S/c1-2-5-22-29(26,27)16-6-11(3-4-15(16)21)18(25)28-10-17(24)23-14-8-12(19)7-13(20)9-14/h2-4,6-9,22H,1,5,10H2,(H,23,24). The fourth-order valence-electron chi connectivity index (χ4n) is 2.12. The number of ether oxygens (including phenoxy) is 1. The second-order valence-electron chi connectivity index (χ2n) is 5.57. The molecular formula is C18H15F3N2O5S. The van der Waals surface area contributed by atoms with Gasteiger partial charge in [-0.25, -0.2) is 31.1 Å². The molecule has 0 aliphatic carbocycles. The van der Waals surface area contributed by atoms with Crippen LogP contribution in [-0.2, 0) is 19.6 Å². The van der Waals surface area contributed by atoms with Crippen molar-refractivity contribution in [3.63, 3.8) is 0 Å². The van der Waals surface area contributed by atoms with Crippen LogP contribution in [0.4, 0.5) is 18.9 Å². The molecule has 11 heteroatoms. The van der Waals surface area contributed by atoms with Gasteiger partial charge in [-0.1, -0.05) is 6.08 Å². The molecule has 0 heterocycles. The first-order chi connectivity index (χ1) is 13.6. The van der Waals surface area contributed by atoms with Crippen molar-refractivity contribution in [2.45, 2.75) is 4.90 Å². The zero-order valence-corrected chi connectivity index (χ0v) is 15.6. The van der Waals surface area contributed by atoms with Gasteiger partial charge >= 0.3 is 5.97 Å². The molecule has 0 aliphatic rings. The van der Waals surface area contributed by atoms with Crippen molar-refractivity contribution in [2.75, 3.05) is 18.5 Å². The minimum Gasteiger partial charge on any atom is -0.452 e. The summed E-state index contributed by atoms with van der Waals surface area (Å²) in [5.41, 5.74) is -0.512. The maximum absolute atomic E-state index is 13.9. The highest BCUT2D eigenvalue weighted by molar-refractivity contribution is 7.89. The van der Waals surface area contributed by atoms with Gasteiger partial charge in [0.25, 0.3) is 5.91 Å². The summed E-state index contributed by atoms with van der Waals surface area (Å²) in [7, 11) is -4.24. The number of halogens is 3. The SMILES string of the molecule is C=CCNS(=O)(=O)c1cc(C(=O)OCC(=O)Nc2cc(F)cc(F)c2)ccc1F. The fraction of sp³-hybridized carbons (Fsp3) is 0.111. The molecule has 0 unspecified atom stereocenters. The van der Waals surface area contributed by atoms with E-state index in [2.05, 4.69) is 16.6 Å². The number of anilines is 1. The lowest BCUT2D eigenvalue weighted by atomic mass is 10.2. The molecule has 2 rings (SSSR count). The van der Waals surface area contributed by atoms with Gasteiger partial charge < -0.3 is 10.1 Å². The van der Waals surface area contributed by atoms with Crippen LogP contribution in [-0.4, -0.2) is 33.4 Å². The first-order valence-corrected chi connectivity index (χ1v) is 9.44. The molecular weight excluding hydrogens is 413 g/mol. The Kier molecular flexibility index (Phi) is 7.13. The van der Waals surface area contributed by atoms with Crippen LogP contribution in [0.2, 0.25) is 0 Å². The lowest BCUT2D eigenvalue weighted by Gasteiger charge is -2.09. The summed E-state index contributed by atoms with van der Waals surface area (Å²) >= 11 is 0. The van der Waals surface area contributed by atoms with E-state index in [0.29, 0.717) is 6.07 Å². The highest BCUT2D eigenvalue weighted by atomic mass is 32.2. The van der Waals surface area contributed by atoms with Gasteiger partial charge in [-0.15, -0.1) is 6.58 Å². The minimum absolute atomic E-state index is 0.155. The van der Waals surface area contributed by atoms with E-state index >= 15 is 0 Å². The predicted molar refractivity (Wildman–Crippen MR) is 97.1 cm³/mol. The van der Waals surface area contributed by atoms with Crippen molar-refractivity contribution in [3.8, 4) is 0 Å². The molecule has 0 saturated carbocycles. The Bertz CT molecular complexity index is 1040. The number of hydrogen-bond donors (Lipinski definition) is 2. The topological polar surface area (TPSA) is 102 Å². The van der Waals surface area contributed by atoms with E-state index in [0.717, 1.165) is 30.3 Å². The Morgan fingerprint density at radius 2 is 1.72 bits per heavy atom. The van der Waals surface area contributed by atoms with Crippen molar-refractivity contribution >= 4 is 27.6 Å². The van der Waals surface area contributed by atoms with Crippen molar-refractivity contribution < 1.29 is 35.9 Å². The van der Waals surface area contributed by atoms with E-state index in [-0.39, 0.29) is 17.8 Å². The molecule has 0 spiro atoms. The van der Waals surface area contributed by atoms with E-state index in [9.17, 15) is 31.2 Å². The summed E-state index contributed by atoms with van der Waals surface area (Å²) in [6.07, 6.45) is 1.25. The molecule has 2 aromatic rings. The molecule has 0 aromatic heterocycles. The lowest BCUT2D eigenvalue weighted by Crippen LogP contribution is -2.25. The number of sulfonamides is 1. The first-order valence-electron chi connectivity index (χ1n) is 7.95. The molecule has 0 atom stereocenters. The third-order valence-electron chi connectivity index (χ3n) is 3.35. The Morgan fingerprint density at radius 3 is 2.34 bits per heavy atom. The Balaban J connectivity index is 2.06. The molecule has 154 valence electrons. The van der Waals surface area contributed by atoms with Gasteiger partial charge in [-0.05, 0) is 30.3 Å².